The van der Waals surface area contributed by atoms with E-state index in [1.807, 2.05) is 97.2 Å². The molecule has 0 amide bonds. The van der Waals surface area contributed by atoms with E-state index in [2.05, 4.69) is 26.1 Å². The maximum Gasteiger partial charge on any atom is 0.395 e. The molecule has 35 heavy (non-hydrogen) atoms. The van der Waals surface area contributed by atoms with Gasteiger partial charge in [0.1, 0.15) is 5.30 Å². The molecule has 3 aromatic heterocycles. The first-order valence-electron chi connectivity index (χ1n) is 10.6. The van der Waals surface area contributed by atoms with Crippen LogP contribution in [0.4, 0.5) is 0 Å². The predicted molar refractivity (Wildman–Crippen MR) is 134 cm³/mol. The fourth-order valence-electron chi connectivity index (χ4n) is 3.35. The van der Waals surface area contributed by atoms with Crippen LogP contribution in [0.15, 0.2) is 116 Å². The van der Waals surface area contributed by atoms with E-state index >= 15 is 0 Å². The summed E-state index contributed by atoms with van der Waals surface area (Å²) >= 11 is 0. The zero-order chi connectivity index (χ0) is 23.2. The maximum atomic E-state index is 12.5. The molecular formula is C27H19IrN5OP-. The summed E-state index contributed by atoms with van der Waals surface area (Å²) in [5.74, 6) is 0.621. The molecule has 1 radical (unpaired) electrons. The number of para-hydroxylation sites is 2. The van der Waals surface area contributed by atoms with Crippen molar-refractivity contribution in [2.75, 3.05) is 0 Å². The molecule has 0 aliphatic carbocycles. The Morgan fingerprint density at radius 3 is 2.37 bits per heavy atom. The van der Waals surface area contributed by atoms with Crippen molar-refractivity contribution in [2.24, 2.45) is 0 Å². The molecule has 173 valence electrons. The number of imidazole rings is 1. The van der Waals surface area contributed by atoms with Crippen LogP contribution in [0.1, 0.15) is 0 Å². The van der Waals surface area contributed by atoms with Crippen molar-refractivity contribution in [3.8, 4) is 17.2 Å². The molecule has 1 atom stereocenters. The van der Waals surface area contributed by atoms with E-state index in [0.717, 1.165) is 32.9 Å². The van der Waals surface area contributed by atoms with E-state index in [4.69, 9.17) is 0 Å². The Labute approximate surface area is 217 Å². The van der Waals surface area contributed by atoms with Crippen LogP contribution in [0.2, 0.25) is 0 Å². The third-order valence-electron chi connectivity index (χ3n) is 4.98. The number of fused-ring (bicyclic) bond motifs is 1. The first kappa shape index (κ1) is 24.4. The van der Waals surface area contributed by atoms with Gasteiger partial charge in [-0.1, -0.05) is 71.3 Å². The van der Waals surface area contributed by atoms with Crippen LogP contribution in [-0.2, 0) is 24.7 Å². The van der Waals surface area contributed by atoms with Crippen LogP contribution < -0.4 is 15.6 Å². The number of pyridine rings is 1. The van der Waals surface area contributed by atoms with Crippen LogP contribution in [0, 0.1) is 6.07 Å². The van der Waals surface area contributed by atoms with Gasteiger partial charge in [0.2, 0.25) is 0 Å². The van der Waals surface area contributed by atoms with Gasteiger partial charge in [-0.3, -0.25) is 0 Å². The second-order valence-electron chi connectivity index (χ2n) is 7.27. The minimum absolute atomic E-state index is 0. The largest absolute Gasteiger partial charge is 0.395 e. The molecule has 6 nitrogen and oxygen atoms in total. The molecule has 3 heterocycles. The second-order valence-corrected chi connectivity index (χ2v) is 8.89. The summed E-state index contributed by atoms with van der Waals surface area (Å²) in [5.41, 5.74) is 3.50. The molecule has 0 fully saturated rings. The standard InChI is InChI=1S/C17H12NOP.C10H7N4.Ir/c19-20(15-8-2-1-3-9-15)16-10-6-7-14(13-16)17-11-4-5-12-18-17;1-2-5-9-8(4-1)12-10(13-9)14-7-3-6-11-14;/h1-6,8-13H;1-7H;/q;-1;. The minimum atomic E-state index is -1.58. The summed E-state index contributed by atoms with van der Waals surface area (Å²) in [6.45, 7) is 0. The first-order chi connectivity index (χ1) is 16.8. The average molecular weight is 653 g/mol. The van der Waals surface area contributed by atoms with E-state index in [0.29, 0.717) is 5.95 Å². The van der Waals surface area contributed by atoms with E-state index in [-0.39, 0.29) is 20.1 Å². The monoisotopic (exact) mass is 653 g/mol. The van der Waals surface area contributed by atoms with Gasteiger partial charge >= 0.3 is 7.80 Å². The molecule has 0 N–H and O–H groups in total. The Morgan fingerprint density at radius 1 is 0.829 bits per heavy atom. The molecule has 0 aliphatic heterocycles. The van der Waals surface area contributed by atoms with Crippen molar-refractivity contribution in [3.05, 3.63) is 122 Å². The number of hydrogen-bond acceptors (Lipinski definition) is 4. The summed E-state index contributed by atoms with van der Waals surface area (Å²) in [4.78, 5) is 13.0. The summed E-state index contributed by atoms with van der Waals surface area (Å²) in [6.07, 6.45) is 5.28. The van der Waals surface area contributed by atoms with Gasteiger partial charge in [0, 0.05) is 49.5 Å². The van der Waals surface area contributed by atoms with Crippen molar-refractivity contribution in [2.45, 2.75) is 0 Å². The number of aromatic nitrogens is 5. The quantitative estimate of drug-likeness (QED) is 0.204. The van der Waals surface area contributed by atoms with E-state index in [9.17, 15) is 4.57 Å². The maximum absolute atomic E-state index is 12.5. The molecule has 0 bridgehead atoms. The van der Waals surface area contributed by atoms with Crippen molar-refractivity contribution >= 4 is 29.4 Å². The first-order valence-corrected chi connectivity index (χ1v) is 11.9. The zero-order valence-electron chi connectivity index (χ0n) is 18.4. The van der Waals surface area contributed by atoms with Gasteiger partial charge in [-0.2, -0.15) is 0 Å². The summed E-state index contributed by atoms with van der Waals surface area (Å²) in [6, 6.07) is 33.5. The van der Waals surface area contributed by atoms with Gasteiger partial charge in [-0.25, -0.2) is 5.10 Å². The van der Waals surface area contributed by atoms with Crippen molar-refractivity contribution in [1.82, 2.24) is 24.7 Å². The SMILES string of the molecule is O=[P+](c1ccccc1)c1cc[c-]c(-c2ccccn2)c1.[Ir].c1ccc2[n-]c(-n3cccn3)nc2c1. The molecular weight excluding hydrogens is 634 g/mol. The summed E-state index contributed by atoms with van der Waals surface area (Å²) < 4.78 is 14.2. The van der Waals surface area contributed by atoms with Crippen LogP contribution in [0.3, 0.4) is 0 Å². The molecule has 0 saturated heterocycles. The van der Waals surface area contributed by atoms with Crippen LogP contribution in [0.25, 0.3) is 28.2 Å². The molecule has 6 rings (SSSR count). The van der Waals surface area contributed by atoms with Gasteiger partial charge in [-0.05, 0) is 36.2 Å². The van der Waals surface area contributed by atoms with E-state index in [1.165, 1.54) is 0 Å². The van der Waals surface area contributed by atoms with Gasteiger partial charge in [0.15, 0.2) is 5.30 Å². The van der Waals surface area contributed by atoms with Crippen LogP contribution in [0.5, 0.6) is 0 Å². The van der Waals surface area contributed by atoms with Crippen molar-refractivity contribution in [3.63, 3.8) is 0 Å². The van der Waals surface area contributed by atoms with Gasteiger partial charge in [-0.15, -0.1) is 17.7 Å². The summed E-state index contributed by atoms with van der Waals surface area (Å²) in [7, 11) is -1.58. The molecule has 0 saturated carbocycles. The number of nitrogens with zero attached hydrogens (tertiary/aromatic N) is 5. The molecule has 8 heteroatoms. The molecule has 6 aromatic rings. The Bertz CT molecular complexity index is 1490. The van der Waals surface area contributed by atoms with Crippen molar-refractivity contribution in [1.29, 1.82) is 0 Å². The predicted octanol–water partition coefficient (Wildman–Crippen LogP) is 4.70. The van der Waals surface area contributed by atoms with Crippen molar-refractivity contribution < 1.29 is 24.7 Å². The third-order valence-corrected chi connectivity index (χ3v) is 6.50. The van der Waals surface area contributed by atoms with Gasteiger partial charge < -0.3 is 19.6 Å². The Hall–Kier alpha value is -3.76. The van der Waals surface area contributed by atoms with Gasteiger partial charge in [0.05, 0.1) is 0 Å². The fraction of sp³-hybridized carbons (Fsp3) is 0. The third kappa shape index (κ3) is 5.84. The number of hydrogen-bond donors (Lipinski definition) is 0. The normalized spacial score (nSPS) is 10.7. The smallest absolute Gasteiger partial charge is 0.357 e. The fourth-order valence-corrected chi connectivity index (χ4v) is 4.54. The topological polar surface area (TPSA) is 74.8 Å². The summed E-state index contributed by atoms with van der Waals surface area (Å²) in [5, 5.41) is 5.70. The molecule has 3 aromatic carbocycles. The zero-order valence-corrected chi connectivity index (χ0v) is 21.7. The Kier molecular flexibility index (Phi) is 8.07. The second kappa shape index (κ2) is 11.6. The van der Waals surface area contributed by atoms with Crippen LogP contribution >= 0.6 is 7.80 Å². The van der Waals surface area contributed by atoms with Crippen LogP contribution in [-0.4, -0.2) is 19.7 Å². The van der Waals surface area contributed by atoms with Gasteiger partial charge in [0.25, 0.3) is 0 Å². The van der Waals surface area contributed by atoms with E-state index in [1.54, 1.807) is 23.1 Å². The molecule has 0 aliphatic rings. The minimum Gasteiger partial charge on any atom is -0.357 e. The number of benzene rings is 3. The number of rotatable bonds is 4. The molecule has 0 spiro atoms. The Balaban J connectivity index is 0.000000169. The van der Waals surface area contributed by atoms with E-state index < -0.39 is 7.80 Å². The Morgan fingerprint density at radius 2 is 1.63 bits per heavy atom. The average Bonchev–Trinajstić information content (AvgIpc) is 3.60. The molecule has 1 unspecified atom stereocenters.